The van der Waals surface area contributed by atoms with Gasteiger partial charge in [0.1, 0.15) is 12.4 Å². The molecule has 34 heavy (non-hydrogen) atoms. The predicted molar refractivity (Wildman–Crippen MR) is 135 cm³/mol. The molecule has 182 valence electrons. The van der Waals surface area contributed by atoms with Gasteiger partial charge in [0, 0.05) is 26.6 Å². The van der Waals surface area contributed by atoms with Crippen LogP contribution >= 0.6 is 0 Å². The number of carbonyl (C=O) groups excluding carboxylic acids is 1. The van der Waals surface area contributed by atoms with Crippen molar-refractivity contribution in [1.82, 2.24) is 14.9 Å². The monoisotopic (exact) mass is 465 g/mol. The second-order valence-electron chi connectivity index (χ2n) is 8.09. The molecule has 1 amide bonds. The van der Waals surface area contributed by atoms with Crippen molar-refractivity contribution in [2.75, 3.05) is 34.0 Å². The van der Waals surface area contributed by atoms with E-state index in [-0.39, 0.29) is 12.5 Å². The van der Waals surface area contributed by atoms with Crippen molar-refractivity contribution in [3.05, 3.63) is 66.5 Å². The maximum absolute atomic E-state index is 11.6. The van der Waals surface area contributed by atoms with E-state index in [1.165, 1.54) is 7.11 Å². The highest BCUT2D eigenvalue weighted by atomic mass is 16.5. The summed E-state index contributed by atoms with van der Waals surface area (Å²) >= 11 is 0. The second-order valence-corrected chi connectivity index (χ2v) is 8.09. The molecular formula is C27H35N3O4. The summed E-state index contributed by atoms with van der Waals surface area (Å²) in [5.74, 6) is 2.46. The van der Waals surface area contributed by atoms with Gasteiger partial charge in [-0.2, -0.15) is 0 Å². The first-order valence-corrected chi connectivity index (χ1v) is 11.8. The lowest BCUT2D eigenvalue weighted by molar-refractivity contribution is -0.124. The van der Waals surface area contributed by atoms with Gasteiger partial charge in [-0.15, -0.1) is 6.58 Å². The molecule has 0 unspecified atom stereocenters. The first-order valence-electron chi connectivity index (χ1n) is 11.8. The number of benzene rings is 2. The number of hydrogen-bond donors (Lipinski definition) is 1. The zero-order chi connectivity index (χ0) is 24.2. The van der Waals surface area contributed by atoms with Crippen LogP contribution in [0.15, 0.2) is 55.1 Å². The van der Waals surface area contributed by atoms with E-state index in [1.54, 1.807) is 7.11 Å². The van der Waals surface area contributed by atoms with E-state index in [0.717, 1.165) is 72.6 Å². The van der Waals surface area contributed by atoms with Gasteiger partial charge in [0.15, 0.2) is 11.5 Å². The maximum Gasteiger partial charge on any atom is 0.245 e. The Bertz CT molecular complexity index is 1080. The summed E-state index contributed by atoms with van der Waals surface area (Å²) in [6.07, 6.45) is 6.18. The number of nitrogens with one attached hydrogen (secondary N) is 1. The molecule has 0 aliphatic carbocycles. The quantitative estimate of drug-likeness (QED) is 0.267. The smallest absolute Gasteiger partial charge is 0.245 e. The molecule has 0 fully saturated rings. The van der Waals surface area contributed by atoms with E-state index in [0.29, 0.717) is 13.2 Å². The number of unbranched alkanes of at least 4 members (excludes halogenated alkanes) is 1. The fourth-order valence-corrected chi connectivity index (χ4v) is 3.90. The van der Waals surface area contributed by atoms with Gasteiger partial charge in [0.2, 0.25) is 5.91 Å². The van der Waals surface area contributed by atoms with Crippen molar-refractivity contribution in [3.63, 3.8) is 0 Å². The van der Waals surface area contributed by atoms with Crippen LogP contribution in [-0.2, 0) is 28.9 Å². The molecule has 7 nitrogen and oxygen atoms in total. The van der Waals surface area contributed by atoms with Gasteiger partial charge in [-0.25, -0.2) is 4.98 Å². The number of ether oxygens (including phenoxy) is 3. The Morgan fingerprint density at radius 1 is 1.12 bits per heavy atom. The molecule has 0 saturated carbocycles. The summed E-state index contributed by atoms with van der Waals surface area (Å²) in [6.45, 7) is 5.96. The number of nitrogens with zero attached hydrogens (tertiary/aromatic N) is 2. The van der Waals surface area contributed by atoms with Crippen LogP contribution in [0.2, 0.25) is 0 Å². The molecule has 0 aliphatic heterocycles. The number of aromatic nitrogens is 2. The summed E-state index contributed by atoms with van der Waals surface area (Å²) in [5, 5.41) is 2.87. The molecule has 0 radical (unpaired) electrons. The highest BCUT2D eigenvalue weighted by molar-refractivity contribution is 5.77. The molecule has 0 saturated heterocycles. The zero-order valence-corrected chi connectivity index (χ0v) is 20.2. The van der Waals surface area contributed by atoms with Gasteiger partial charge >= 0.3 is 0 Å². The van der Waals surface area contributed by atoms with Crippen LogP contribution in [0.4, 0.5) is 0 Å². The van der Waals surface area contributed by atoms with E-state index >= 15 is 0 Å². The number of amides is 1. The normalized spacial score (nSPS) is 10.9. The fraction of sp³-hybridized carbons (Fsp3) is 0.407. The number of carbonyl (C=O) groups is 1. The Kier molecular flexibility index (Phi) is 9.98. The molecular weight excluding hydrogens is 430 g/mol. The van der Waals surface area contributed by atoms with Gasteiger partial charge in [-0.05, 0) is 55.5 Å². The number of aryl methyl sites for hydroxylation is 2. The van der Waals surface area contributed by atoms with Crippen molar-refractivity contribution in [1.29, 1.82) is 0 Å². The molecule has 0 aliphatic rings. The highest BCUT2D eigenvalue weighted by Gasteiger charge is 2.11. The molecule has 7 heteroatoms. The molecule has 3 rings (SSSR count). The van der Waals surface area contributed by atoms with E-state index in [1.807, 2.05) is 42.5 Å². The Balaban J connectivity index is 1.53. The minimum Gasteiger partial charge on any atom is -0.493 e. The summed E-state index contributed by atoms with van der Waals surface area (Å²) < 4.78 is 18.6. The van der Waals surface area contributed by atoms with Gasteiger partial charge in [-0.1, -0.05) is 24.3 Å². The zero-order valence-electron chi connectivity index (χ0n) is 20.2. The second kappa shape index (κ2) is 13.4. The van der Waals surface area contributed by atoms with Crippen molar-refractivity contribution < 1.29 is 19.0 Å². The van der Waals surface area contributed by atoms with Crippen LogP contribution in [0.5, 0.6) is 11.5 Å². The third-order valence-corrected chi connectivity index (χ3v) is 5.55. The highest BCUT2D eigenvalue weighted by Crippen LogP contribution is 2.28. The van der Waals surface area contributed by atoms with Crippen LogP contribution in [0.25, 0.3) is 11.0 Å². The summed E-state index contributed by atoms with van der Waals surface area (Å²) in [5.41, 5.74) is 3.29. The van der Waals surface area contributed by atoms with Crippen LogP contribution in [-0.4, -0.2) is 49.4 Å². The molecule has 0 atom stereocenters. The Morgan fingerprint density at radius 3 is 2.76 bits per heavy atom. The topological polar surface area (TPSA) is 74.6 Å². The Hall–Kier alpha value is -3.32. The lowest BCUT2D eigenvalue weighted by Crippen LogP contribution is -2.28. The number of allylic oxidation sites excluding steroid dienone is 1. The number of para-hydroxylation sites is 2. The lowest BCUT2D eigenvalue weighted by Gasteiger charge is -2.13. The van der Waals surface area contributed by atoms with Gasteiger partial charge in [0.05, 0.1) is 24.8 Å². The fourth-order valence-electron chi connectivity index (χ4n) is 3.90. The molecule has 1 heterocycles. The number of imidazole rings is 1. The van der Waals surface area contributed by atoms with Crippen molar-refractivity contribution in [3.8, 4) is 11.5 Å². The van der Waals surface area contributed by atoms with Gasteiger partial charge in [-0.3, -0.25) is 4.79 Å². The SMILES string of the molecule is C=CCc1ccc(OCCCCn2c(CCCNC(=O)COC)nc3ccccc32)c(OC)c1. The molecule has 1 N–H and O–H groups in total. The largest absolute Gasteiger partial charge is 0.493 e. The Morgan fingerprint density at radius 2 is 1.97 bits per heavy atom. The van der Waals surface area contributed by atoms with Crippen LogP contribution in [0.1, 0.15) is 30.7 Å². The number of rotatable bonds is 15. The average Bonchev–Trinajstić information content (AvgIpc) is 3.20. The maximum atomic E-state index is 11.6. The van der Waals surface area contributed by atoms with Gasteiger partial charge < -0.3 is 24.1 Å². The van der Waals surface area contributed by atoms with E-state index in [9.17, 15) is 4.79 Å². The van der Waals surface area contributed by atoms with Gasteiger partial charge in [0.25, 0.3) is 0 Å². The van der Waals surface area contributed by atoms with Crippen LogP contribution < -0.4 is 14.8 Å². The van der Waals surface area contributed by atoms with Crippen LogP contribution in [0, 0.1) is 0 Å². The minimum absolute atomic E-state index is 0.0887. The van der Waals surface area contributed by atoms with Crippen molar-refractivity contribution in [2.24, 2.45) is 0 Å². The summed E-state index contributed by atoms with van der Waals surface area (Å²) in [7, 11) is 3.18. The molecule has 0 spiro atoms. The third-order valence-electron chi connectivity index (χ3n) is 5.55. The van der Waals surface area contributed by atoms with Crippen molar-refractivity contribution >= 4 is 16.9 Å². The average molecular weight is 466 g/mol. The minimum atomic E-state index is -0.0945. The van der Waals surface area contributed by atoms with E-state index < -0.39 is 0 Å². The first-order chi connectivity index (χ1) is 16.7. The molecule has 3 aromatic rings. The first kappa shape index (κ1) is 25.3. The molecule has 0 bridgehead atoms. The third kappa shape index (κ3) is 7.09. The summed E-state index contributed by atoms with van der Waals surface area (Å²) in [6, 6.07) is 14.2. The van der Waals surface area contributed by atoms with Crippen LogP contribution in [0.3, 0.4) is 0 Å². The number of hydrogen-bond acceptors (Lipinski definition) is 5. The van der Waals surface area contributed by atoms with Crippen molar-refractivity contribution in [2.45, 2.75) is 38.6 Å². The predicted octanol–water partition coefficient (Wildman–Crippen LogP) is 4.33. The summed E-state index contributed by atoms with van der Waals surface area (Å²) in [4.78, 5) is 16.4. The standard InChI is InChI=1S/C27H35N3O4/c1-4-10-21-14-15-24(25(19-21)33-3)34-18-8-7-17-30-23-12-6-5-11-22(23)29-26(30)13-9-16-28-27(31)20-32-2/h4-6,11-12,14-15,19H,1,7-10,13,16-18,20H2,2-3H3,(H,28,31). The Labute approximate surface area is 201 Å². The van der Waals surface area contributed by atoms with E-state index in [4.69, 9.17) is 19.2 Å². The number of fused-ring (bicyclic) bond motifs is 1. The molecule has 1 aromatic heterocycles. The molecule has 2 aromatic carbocycles. The van der Waals surface area contributed by atoms with E-state index in [2.05, 4.69) is 22.5 Å². The lowest BCUT2D eigenvalue weighted by atomic mass is 10.1. The number of methoxy groups -OCH3 is 2.